The average Bonchev–Trinajstić information content (AvgIpc) is 3.39. The second-order valence-electron chi connectivity index (χ2n) is 10.3. The van der Waals surface area contributed by atoms with Crippen LogP contribution in [0.1, 0.15) is 36.6 Å². The third-order valence-corrected chi connectivity index (χ3v) is 9.28. The molecule has 2 heterocycles. The summed E-state index contributed by atoms with van der Waals surface area (Å²) in [5.74, 6) is 1.06. The summed E-state index contributed by atoms with van der Waals surface area (Å²) in [6.45, 7) is 4.28. The first-order valence-corrected chi connectivity index (χ1v) is 16.4. The molecule has 0 aliphatic carbocycles. The van der Waals surface area contributed by atoms with E-state index in [1.54, 1.807) is 24.7 Å². The Labute approximate surface area is 278 Å². The number of fused-ring (bicyclic) bond motifs is 2. The predicted molar refractivity (Wildman–Crippen MR) is 183 cm³/mol. The molecular weight excluding hydrogens is 668 g/mol. The van der Waals surface area contributed by atoms with Crippen LogP contribution in [0.25, 0.3) is 22.5 Å². The minimum Gasteiger partial charge on any atom is -0.496 e. The van der Waals surface area contributed by atoms with Crippen LogP contribution in [0.5, 0.6) is 17.2 Å². The van der Waals surface area contributed by atoms with Gasteiger partial charge in [0.15, 0.2) is 4.80 Å². The van der Waals surface area contributed by atoms with Gasteiger partial charge in [-0.1, -0.05) is 72.0 Å². The maximum absolute atomic E-state index is 14.6. The standard InChI is InChI=1S/C36H31BrN2O6S/c1-5-44-27-17-16-21-12-10-11-15-23(21)24(27)19-30-34(40)39-33(25-18-26(37)29(43-4)20-28(25)42-3)31(35(41)45-6-2)32(38-36(39)46-30)22-13-8-7-9-14-22/h7-20,33H,5-6H2,1-4H3/b30-19-/t33-/m0/s1. The zero-order valence-corrected chi connectivity index (χ0v) is 28.1. The Kier molecular flexibility index (Phi) is 9.10. The van der Waals surface area contributed by atoms with Crippen molar-refractivity contribution < 1.29 is 23.7 Å². The molecule has 0 spiro atoms. The second-order valence-corrected chi connectivity index (χ2v) is 12.2. The molecule has 234 valence electrons. The lowest BCUT2D eigenvalue weighted by atomic mass is 9.92. The topological polar surface area (TPSA) is 88.4 Å². The van der Waals surface area contributed by atoms with E-state index < -0.39 is 12.0 Å². The molecule has 46 heavy (non-hydrogen) atoms. The largest absolute Gasteiger partial charge is 0.496 e. The fraction of sp³-hybridized carbons (Fsp3) is 0.194. The summed E-state index contributed by atoms with van der Waals surface area (Å²) in [5.41, 5.74) is 2.40. The van der Waals surface area contributed by atoms with E-state index in [0.717, 1.165) is 16.3 Å². The van der Waals surface area contributed by atoms with Gasteiger partial charge >= 0.3 is 5.97 Å². The molecule has 5 aromatic rings. The van der Waals surface area contributed by atoms with Crippen LogP contribution in [0, 0.1) is 0 Å². The third-order valence-electron chi connectivity index (χ3n) is 7.68. The average molecular weight is 700 g/mol. The van der Waals surface area contributed by atoms with E-state index in [0.29, 0.717) is 54.5 Å². The molecule has 0 saturated heterocycles. The Balaban J connectivity index is 1.72. The smallest absolute Gasteiger partial charge is 0.338 e. The molecule has 6 rings (SSSR count). The van der Waals surface area contributed by atoms with Crippen molar-refractivity contribution in [2.45, 2.75) is 19.9 Å². The highest BCUT2D eigenvalue weighted by Gasteiger charge is 2.37. The van der Waals surface area contributed by atoms with E-state index in [-0.39, 0.29) is 17.7 Å². The van der Waals surface area contributed by atoms with Gasteiger partial charge in [-0.2, -0.15) is 0 Å². The van der Waals surface area contributed by atoms with Crippen molar-refractivity contribution in [3.05, 3.63) is 125 Å². The number of ether oxygens (including phenoxy) is 4. The molecule has 0 N–H and O–H groups in total. The van der Waals surface area contributed by atoms with Crippen LogP contribution in [-0.2, 0) is 9.53 Å². The fourth-order valence-electron chi connectivity index (χ4n) is 5.67. The van der Waals surface area contributed by atoms with Gasteiger partial charge < -0.3 is 18.9 Å². The van der Waals surface area contributed by atoms with Crippen molar-refractivity contribution in [1.29, 1.82) is 0 Å². The molecule has 0 bridgehead atoms. The molecule has 1 aliphatic rings. The van der Waals surface area contributed by atoms with Gasteiger partial charge in [-0.15, -0.1) is 0 Å². The van der Waals surface area contributed by atoms with Crippen molar-refractivity contribution in [3.8, 4) is 17.2 Å². The van der Waals surface area contributed by atoms with Crippen molar-refractivity contribution >= 4 is 55.8 Å². The predicted octanol–water partition coefficient (Wildman–Crippen LogP) is 6.27. The van der Waals surface area contributed by atoms with Gasteiger partial charge in [0.1, 0.15) is 23.3 Å². The maximum Gasteiger partial charge on any atom is 0.338 e. The summed E-state index contributed by atoms with van der Waals surface area (Å²) in [6.07, 6.45) is 1.85. The number of thiazole rings is 1. The van der Waals surface area contributed by atoms with Crippen molar-refractivity contribution in [2.75, 3.05) is 27.4 Å². The Hall–Kier alpha value is -4.67. The van der Waals surface area contributed by atoms with Crippen LogP contribution in [-0.4, -0.2) is 38.0 Å². The SMILES string of the molecule is CCOC(=O)C1=C(c2ccccc2)N=c2s/c(=C\c3c(OCC)ccc4ccccc34)c(=O)n2[C@H]1c1cc(Br)c(OC)cc1OC. The molecule has 4 aromatic carbocycles. The maximum atomic E-state index is 14.6. The van der Waals surface area contributed by atoms with Crippen LogP contribution in [0.4, 0.5) is 0 Å². The molecule has 0 unspecified atom stereocenters. The first kappa shape index (κ1) is 31.3. The summed E-state index contributed by atoms with van der Waals surface area (Å²) in [7, 11) is 3.10. The first-order chi connectivity index (χ1) is 22.4. The molecule has 1 aliphatic heterocycles. The highest BCUT2D eigenvalue weighted by Crippen LogP contribution is 2.42. The number of rotatable bonds is 9. The molecule has 0 amide bonds. The number of halogens is 1. The van der Waals surface area contributed by atoms with Crippen LogP contribution in [0.3, 0.4) is 0 Å². The Morgan fingerprint density at radius 2 is 1.67 bits per heavy atom. The summed E-state index contributed by atoms with van der Waals surface area (Å²) in [5, 5.41) is 1.97. The molecule has 8 nitrogen and oxygen atoms in total. The molecule has 1 aromatic heterocycles. The number of benzene rings is 4. The quantitative estimate of drug-likeness (QED) is 0.169. The summed E-state index contributed by atoms with van der Waals surface area (Å²) < 4.78 is 25.6. The number of hydrogen-bond donors (Lipinski definition) is 0. The van der Waals surface area contributed by atoms with Gasteiger partial charge in [-0.25, -0.2) is 9.79 Å². The van der Waals surface area contributed by atoms with Crippen molar-refractivity contribution in [1.82, 2.24) is 4.57 Å². The monoisotopic (exact) mass is 698 g/mol. The van der Waals surface area contributed by atoms with E-state index in [2.05, 4.69) is 15.9 Å². The summed E-state index contributed by atoms with van der Waals surface area (Å²) in [6, 6.07) is 23.9. The van der Waals surface area contributed by atoms with Gasteiger partial charge in [0, 0.05) is 22.8 Å². The van der Waals surface area contributed by atoms with Gasteiger partial charge in [0.2, 0.25) is 0 Å². The number of hydrogen-bond acceptors (Lipinski definition) is 8. The normalized spacial score (nSPS) is 14.5. The molecule has 0 saturated carbocycles. The van der Waals surface area contributed by atoms with Crippen LogP contribution < -0.4 is 29.1 Å². The first-order valence-electron chi connectivity index (χ1n) is 14.7. The zero-order chi connectivity index (χ0) is 32.4. The lowest BCUT2D eigenvalue weighted by molar-refractivity contribution is -0.138. The molecule has 1 atom stereocenters. The van der Waals surface area contributed by atoms with Gasteiger partial charge in [0.25, 0.3) is 5.56 Å². The van der Waals surface area contributed by atoms with Gasteiger partial charge in [0.05, 0.1) is 47.7 Å². The Bertz CT molecular complexity index is 2170. The number of carbonyl (C=O) groups excluding carboxylic acids is 1. The van der Waals surface area contributed by atoms with Crippen LogP contribution in [0.15, 0.2) is 98.7 Å². The van der Waals surface area contributed by atoms with E-state index in [4.69, 9.17) is 23.9 Å². The highest BCUT2D eigenvalue weighted by molar-refractivity contribution is 9.10. The molecule has 10 heteroatoms. The zero-order valence-electron chi connectivity index (χ0n) is 25.7. The lowest BCUT2D eigenvalue weighted by Gasteiger charge is -2.27. The van der Waals surface area contributed by atoms with E-state index >= 15 is 0 Å². The number of methoxy groups -OCH3 is 2. The number of carbonyl (C=O) groups is 1. The highest BCUT2D eigenvalue weighted by atomic mass is 79.9. The lowest BCUT2D eigenvalue weighted by Crippen LogP contribution is -2.40. The van der Waals surface area contributed by atoms with Gasteiger partial charge in [-0.3, -0.25) is 9.36 Å². The molecule has 0 radical (unpaired) electrons. The summed E-state index contributed by atoms with van der Waals surface area (Å²) in [4.78, 5) is 33.9. The minimum absolute atomic E-state index is 0.145. The van der Waals surface area contributed by atoms with E-state index in [1.807, 2.05) is 85.8 Å². The van der Waals surface area contributed by atoms with E-state index in [1.165, 1.54) is 18.4 Å². The Morgan fingerprint density at radius 1 is 0.935 bits per heavy atom. The van der Waals surface area contributed by atoms with Crippen LogP contribution >= 0.6 is 27.3 Å². The van der Waals surface area contributed by atoms with Crippen molar-refractivity contribution in [2.24, 2.45) is 4.99 Å². The minimum atomic E-state index is -0.927. The number of esters is 1. The number of aromatic nitrogens is 1. The third kappa shape index (κ3) is 5.63. The van der Waals surface area contributed by atoms with Crippen LogP contribution in [0.2, 0.25) is 0 Å². The second kappa shape index (κ2) is 13.4. The van der Waals surface area contributed by atoms with Gasteiger partial charge in [-0.05, 0) is 58.8 Å². The molecule has 0 fully saturated rings. The fourth-order valence-corrected chi connectivity index (χ4v) is 7.17. The van der Waals surface area contributed by atoms with E-state index in [9.17, 15) is 9.59 Å². The molecular formula is C36H31BrN2O6S. The summed E-state index contributed by atoms with van der Waals surface area (Å²) >= 11 is 4.85. The van der Waals surface area contributed by atoms with Crippen molar-refractivity contribution in [3.63, 3.8) is 0 Å². The number of nitrogens with zero attached hydrogens (tertiary/aromatic N) is 2. The Morgan fingerprint density at radius 3 is 2.39 bits per heavy atom.